The molecule has 1 saturated carbocycles. The Morgan fingerprint density at radius 3 is 2.48 bits per heavy atom. The lowest BCUT2D eigenvalue weighted by atomic mass is 9.87. The standard InChI is InChI=1S/C16H16F2N2S3/c17-10-6-22-16(13(10)18)11-3-9-12(7(4-19)5-20)8-1-2-21-14(8)15(9)23-11/h8-11,13-16H,1-3,6H2. The summed E-state index contributed by atoms with van der Waals surface area (Å²) in [5, 5.41) is 19.3. The van der Waals surface area contributed by atoms with E-state index in [4.69, 9.17) is 0 Å². The molecule has 4 aliphatic rings. The zero-order valence-corrected chi connectivity index (χ0v) is 14.8. The largest absolute Gasteiger partial charge is 0.243 e. The van der Waals surface area contributed by atoms with Gasteiger partial charge in [-0.1, -0.05) is 0 Å². The molecule has 0 aromatic heterocycles. The van der Waals surface area contributed by atoms with Gasteiger partial charge in [0.25, 0.3) is 0 Å². The fraction of sp³-hybridized carbons (Fsp3) is 0.750. The van der Waals surface area contributed by atoms with Gasteiger partial charge in [-0.3, -0.25) is 0 Å². The van der Waals surface area contributed by atoms with Crippen molar-refractivity contribution in [1.29, 1.82) is 10.5 Å². The predicted molar refractivity (Wildman–Crippen MR) is 91.9 cm³/mol. The lowest BCUT2D eigenvalue weighted by molar-refractivity contribution is 0.192. The van der Waals surface area contributed by atoms with E-state index in [-0.39, 0.29) is 27.7 Å². The van der Waals surface area contributed by atoms with E-state index in [1.54, 1.807) is 11.8 Å². The topological polar surface area (TPSA) is 47.6 Å². The minimum Gasteiger partial charge on any atom is -0.243 e. The summed E-state index contributed by atoms with van der Waals surface area (Å²) in [6.45, 7) is 0. The number of nitriles is 2. The molecule has 0 amide bonds. The Kier molecular flexibility index (Phi) is 4.32. The summed E-state index contributed by atoms with van der Waals surface area (Å²) in [6, 6.07) is 4.16. The van der Waals surface area contributed by atoms with Crippen LogP contribution in [0, 0.1) is 34.5 Å². The van der Waals surface area contributed by atoms with Crippen LogP contribution in [-0.2, 0) is 0 Å². The number of halogens is 2. The maximum absolute atomic E-state index is 14.1. The van der Waals surface area contributed by atoms with Crippen LogP contribution in [0.15, 0.2) is 11.1 Å². The van der Waals surface area contributed by atoms with Crippen LogP contribution in [0.2, 0.25) is 0 Å². The molecule has 122 valence electrons. The molecule has 0 aromatic carbocycles. The molecule has 0 spiro atoms. The van der Waals surface area contributed by atoms with E-state index in [1.807, 2.05) is 11.8 Å². The second-order valence-corrected chi connectivity index (χ2v) is 10.4. The van der Waals surface area contributed by atoms with Crippen molar-refractivity contribution in [2.24, 2.45) is 11.8 Å². The van der Waals surface area contributed by atoms with Gasteiger partial charge in [0.15, 0.2) is 0 Å². The number of allylic oxidation sites excluding steroid dienone is 2. The molecule has 3 heterocycles. The number of rotatable bonds is 1. The second kappa shape index (κ2) is 6.17. The molecule has 3 aliphatic heterocycles. The second-order valence-electron chi connectivity index (χ2n) is 6.52. The number of alkyl halides is 2. The van der Waals surface area contributed by atoms with Crippen molar-refractivity contribution < 1.29 is 8.78 Å². The van der Waals surface area contributed by atoms with Crippen molar-refractivity contribution in [3.8, 4) is 12.1 Å². The monoisotopic (exact) mass is 370 g/mol. The summed E-state index contributed by atoms with van der Waals surface area (Å²) in [5.41, 5.74) is 1.30. The van der Waals surface area contributed by atoms with Gasteiger partial charge in [-0.2, -0.15) is 45.8 Å². The fourth-order valence-electron chi connectivity index (χ4n) is 4.53. The van der Waals surface area contributed by atoms with Gasteiger partial charge in [-0.15, -0.1) is 0 Å². The summed E-state index contributed by atoms with van der Waals surface area (Å²) in [4.78, 5) is 0. The Balaban J connectivity index is 1.63. The Labute approximate surface area is 147 Å². The molecule has 0 bridgehead atoms. The van der Waals surface area contributed by atoms with Crippen molar-refractivity contribution in [2.45, 2.75) is 46.2 Å². The first-order valence-corrected chi connectivity index (χ1v) is 10.9. The van der Waals surface area contributed by atoms with Gasteiger partial charge in [0.05, 0.1) is 5.25 Å². The summed E-state index contributed by atoms with van der Waals surface area (Å²) in [7, 11) is 0. The van der Waals surface area contributed by atoms with Crippen LogP contribution in [-0.4, -0.2) is 44.8 Å². The van der Waals surface area contributed by atoms with Crippen LogP contribution in [0.25, 0.3) is 0 Å². The number of fused-ring (bicyclic) bond motifs is 3. The maximum Gasteiger partial charge on any atom is 0.145 e. The SMILES string of the molecule is N#CC(C#N)=C1C2CCSC2C2SC(C3SCC(F)C3F)CC12. The van der Waals surface area contributed by atoms with Crippen LogP contribution in [0.3, 0.4) is 0 Å². The van der Waals surface area contributed by atoms with Crippen molar-refractivity contribution in [3.63, 3.8) is 0 Å². The molecule has 3 saturated heterocycles. The molecule has 23 heavy (non-hydrogen) atoms. The molecule has 4 fully saturated rings. The third-order valence-electron chi connectivity index (χ3n) is 5.46. The molecule has 4 rings (SSSR count). The van der Waals surface area contributed by atoms with E-state index < -0.39 is 12.3 Å². The van der Waals surface area contributed by atoms with Gasteiger partial charge in [0.1, 0.15) is 30.1 Å². The highest BCUT2D eigenvalue weighted by molar-refractivity contribution is 8.06. The lowest BCUT2D eigenvalue weighted by Gasteiger charge is -2.23. The lowest BCUT2D eigenvalue weighted by Crippen LogP contribution is -2.30. The first-order chi connectivity index (χ1) is 11.2. The highest BCUT2D eigenvalue weighted by Crippen LogP contribution is 2.62. The van der Waals surface area contributed by atoms with Crippen LogP contribution in [0.4, 0.5) is 8.78 Å². The van der Waals surface area contributed by atoms with Crippen molar-refractivity contribution >= 4 is 35.3 Å². The van der Waals surface area contributed by atoms with Gasteiger partial charge >= 0.3 is 0 Å². The Morgan fingerprint density at radius 1 is 1.04 bits per heavy atom. The summed E-state index contributed by atoms with van der Waals surface area (Å²) < 4.78 is 27.7. The first-order valence-electron chi connectivity index (χ1n) is 7.86. The minimum atomic E-state index is -1.37. The van der Waals surface area contributed by atoms with Gasteiger partial charge in [-0.25, -0.2) is 8.78 Å². The van der Waals surface area contributed by atoms with Crippen LogP contribution >= 0.6 is 35.3 Å². The normalized spacial score (nSPS) is 47.9. The number of thioether (sulfide) groups is 3. The van der Waals surface area contributed by atoms with E-state index in [0.717, 1.165) is 24.2 Å². The zero-order valence-electron chi connectivity index (χ0n) is 12.3. The number of hydrogen-bond acceptors (Lipinski definition) is 5. The van der Waals surface area contributed by atoms with E-state index in [1.165, 1.54) is 11.8 Å². The van der Waals surface area contributed by atoms with E-state index >= 15 is 0 Å². The van der Waals surface area contributed by atoms with Crippen molar-refractivity contribution in [1.82, 2.24) is 0 Å². The summed E-state index contributed by atoms with van der Waals surface area (Å²) >= 11 is 5.15. The summed E-state index contributed by atoms with van der Waals surface area (Å²) in [6.07, 6.45) is -0.895. The minimum absolute atomic E-state index is 0.0986. The average molecular weight is 371 g/mol. The van der Waals surface area contributed by atoms with Crippen LogP contribution in [0.1, 0.15) is 12.8 Å². The molecule has 0 N–H and O–H groups in total. The third-order valence-corrected chi connectivity index (χ3v) is 10.5. The first kappa shape index (κ1) is 16.1. The molecule has 0 aromatic rings. The maximum atomic E-state index is 14.1. The van der Waals surface area contributed by atoms with Gasteiger partial charge < -0.3 is 0 Å². The smallest absolute Gasteiger partial charge is 0.145 e. The van der Waals surface area contributed by atoms with Gasteiger partial charge in [-0.05, 0) is 36.0 Å². The molecule has 0 radical (unpaired) electrons. The van der Waals surface area contributed by atoms with Crippen LogP contribution < -0.4 is 0 Å². The number of hydrogen-bond donors (Lipinski definition) is 0. The fourth-order valence-corrected chi connectivity index (χ4v) is 10.0. The van der Waals surface area contributed by atoms with Gasteiger partial charge in [0, 0.05) is 21.5 Å². The van der Waals surface area contributed by atoms with E-state index in [2.05, 4.69) is 12.1 Å². The quantitative estimate of drug-likeness (QED) is 0.658. The van der Waals surface area contributed by atoms with Crippen LogP contribution in [0.5, 0.6) is 0 Å². The third kappa shape index (κ3) is 2.42. The Bertz CT molecular complexity index is 610. The highest BCUT2D eigenvalue weighted by Gasteiger charge is 2.57. The van der Waals surface area contributed by atoms with E-state index in [9.17, 15) is 19.3 Å². The Morgan fingerprint density at radius 2 is 1.83 bits per heavy atom. The summed E-state index contributed by atoms with van der Waals surface area (Å²) in [5.74, 6) is 1.86. The van der Waals surface area contributed by atoms with Crippen molar-refractivity contribution in [3.05, 3.63) is 11.1 Å². The van der Waals surface area contributed by atoms with Gasteiger partial charge in [0.2, 0.25) is 0 Å². The molecule has 8 atom stereocenters. The zero-order chi connectivity index (χ0) is 16.1. The molecule has 2 nitrogen and oxygen atoms in total. The molecule has 8 unspecified atom stereocenters. The average Bonchev–Trinajstić information content (AvgIpc) is 3.27. The highest BCUT2D eigenvalue weighted by atomic mass is 32.2. The molecule has 1 aliphatic carbocycles. The molecule has 7 heteroatoms. The van der Waals surface area contributed by atoms with Crippen molar-refractivity contribution in [2.75, 3.05) is 11.5 Å². The predicted octanol–water partition coefficient (Wildman–Crippen LogP) is 3.75. The molecular weight excluding hydrogens is 354 g/mol. The molecular formula is C16H16F2N2S3. The Hall–Kier alpha value is -0.370. The number of nitrogens with zero attached hydrogens (tertiary/aromatic N) is 2. The van der Waals surface area contributed by atoms with E-state index in [0.29, 0.717) is 16.4 Å².